The van der Waals surface area contributed by atoms with Crippen LogP contribution in [0.4, 0.5) is 0 Å². The van der Waals surface area contributed by atoms with Crippen LogP contribution < -0.4 is 5.32 Å². The van der Waals surface area contributed by atoms with Crippen LogP contribution >= 0.6 is 35.3 Å². The van der Waals surface area contributed by atoms with Gasteiger partial charge in [-0.25, -0.2) is 13.4 Å². The highest BCUT2D eigenvalue weighted by Gasteiger charge is 2.31. The second kappa shape index (κ2) is 10.0. The number of thiazole rings is 1. The summed E-state index contributed by atoms with van der Waals surface area (Å²) in [5, 5.41) is 6.37. The summed E-state index contributed by atoms with van der Waals surface area (Å²) < 4.78 is 25.2. The van der Waals surface area contributed by atoms with E-state index in [-0.39, 0.29) is 30.0 Å². The van der Waals surface area contributed by atoms with Gasteiger partial charge in [-0.1, -0.05) is 0 Å². The average molecular weight is 501 g/mol. The molecule has 0 bridgehead atoms. The molecule has 144 valence electrons. The molecule has 0 aliphatic carbocycles. The third-order valence-electron chi connectivity index (χ3n) is 3.96. The van der Waals surface area contributed by atoms with Crippen molar-refractivity contribution in [3.05, 3.63) is 16.1 Å². The van der Waals surface area contributed by atoms with E-state index in [0.717, 1.165) is 36.0 Å². The molecule has 0 spiro atoms. The second-order valence-electron chi connectivity index (χ2n) is 6.08. The molecule has 1 aromatic rings. The van der Waals surface area contributed by atoms with Crippen molar-refractivity contribution in [3.63, 3.8) is 0 Å². The van der Waals surface area contributed by atoms with Crippen LogP contribution in [-0.2, 0) is 16.6 Å². The smallest absolute Gasteiger partial charge is 0.211 e. The van der Waals surface area contributed by atoms with Crippen LogP contribution in [0.1, 0.15) is 30.5 Å². The number of rotatable bonds is 6. The summed E-state index contributed by atoms with van der Waals surface area (Å²) in [6.45, 7) is 6.54. The van der Waals surface area contributed by atoms with Crippen LogP contribution in [0.5, 0.6) is 0 Å². The first-order valence-corrected chi connectivity index (χ1v) is 10.9. The van der Waals surface area contributed by atoms with E-state index in [9.17, 15) is 8.42 Å². The monoisotopic (exact) mass is 501 g/mol. The Labute approximate surface area is 172 Å². The Morgan fingerprint density at radius 1 is 1.56 bits per heavy atom. The lowest BCUT2D eigenvalue weighted by atomic mass is 10.2. The molecule has 0 saturated carbocycles. The van der Waals surface area contributed by atoms with Gasteiger partial charge in [-0.3, -0.25) is 4.99 Å². The largest absolute Gasteiger partial charge is 0.357 e. The predicted molar refractivity (Wildman–Crippen MR) is 114 cm³/mol. The van der Waals surface area contributed by atoms with Crippen LogP contribution in [0.15, 0.2) is 10.4 Å². The first-order valence-electron chi connectivity index (χ1n) is 8.18. The molecule has 0 amide bonds. The summed E-state index contributed by atoms with van der Waals surface area (Å²) in [4.78, 5) is 11.2. The molecule has 1 saturated heterocycles. The van der Waals surface area contributed by atoms with Crippen molar-refractivity contribution in [1.82, 2.24) is 19.5 Å². The van der Waals surface area contributed by atoms with E-state index >= 15 is 0 Å². The Bertz CT molecular complexity index is 677. The lowest BCUT2D eigenvalue weighted by molar-refractivity contribution is 0.393. The second-order valence-corrected chi connectivity index (χ2v) is 9.08. The number of halogens is 1. The molecule has 7 nitrogen and oxygen atoms in total. The topological polar surface area (TPSA) is 77.9 Å². The zero-order valence-corrected chi connectivity index (χ0v) is 19.2. The number of guanidine groups is 1. The van der Waals surface area contributed by atoms with Crippen LogP contribution in [0.3, 0.4) is 0 Å². The van der Waals surface area contributed by atoms with E-state index in [2.05, 4.69) is 20.7 Å². The van der Waals surface area contributed by atoms with Gasteiger partial charge in [-0.2, -0.15) is 4.31 Å². The van der Waals surface area contributed by atoms with Crippen molar-refractivity contribution in [2.24, 2.45) is 4.99 Å². The van der Waals surface area contributed by atoms with Gasteiger partial charge < -0.3 is 10.2 Å². The molecular weight excluding hydrogens is 473 g/mol. The van der Waals surface area contributed by atoms with E-state index in [1.54, 1.807) is 15.6 Å². The molecule has 1 fully saturated rings. The Balaban J connectivity index is 0.00000312. The standard InChI is InChI=1S/C15H27N5O2S2.HI/c1-5-16-15(19(3)10-13-11-23-12(2)18-13)17-9-14-7-6-8-20(14)24(4,21)22;/h11,14H,5-10H2,1-4H3,(H,16,17);1H/t14-;/m1./s1. The Morgan fingerprint density at radius 2 is 2.28 bits per heavy atom. The highest BCUT2D eigenvalue weighted by Crippen LogP contribution is 2.20. The first-order chi connectivity index (χ1) is 11.3. The van der Waals surface area contributed by atoms with Gasteiger partial charge in [0.25, 0.3) is 0 Å². The fourth-order valence-electron chi connectivity index (χ4n) is 2.89. The SMILES string of the molecule is CCNC(=NC[C@H]1CCCN1S(C)(=O)=O)N(C)Cc1csc(C)n1.I. The molecule has 25 heavy (non-hydrogen) atoms. The van der Waals surface area contributed by atoms with Crippen LogP contribution in [0, 0.1) is 6.92 Å². The number of sulfonamides is 1. The summed E-state index contributed by atoms with van der Waals surface area (Å²) in [5.74, 6) is 0.781. The highest BCUT2D eigenvalue weighted by molar-refractivity contribution is 14.0. The van der Waals surface area contributed by atoms with E-state index in [1.807, 2.05) is 25.8 Å². The van der Waals surface area contributed by atoms with Gasteiger partial charge in [0, 0.05) is 31.6 Å². The summed E-state index contributed by atoms with van der Waals surface area (Å²) in [7, 11) is -1.19. The van der Waals surface area contributed by atoms with Crippen LogP contribution in [0.2, 0.25) is 0 Å². The molecule has 0 unspecified atom stereocenters. The molecule has 1 N–H and O–H groups in total. The van der Waals surface area contributed by atoms with E-state index in [4.69, 9.17) is 0 Å². The van der Waals surface area contributed by atoms with E-state index in [0.29, 0.717) is 19.6 Å². The molecule has 10 heteroatoms. The lowest BCUT2D eigenvalue weighted by Crippen LogP contribution is -2.41. The van der Waals surface area contributed by atoms with Gasteiger partial charge in [0.2, 0.25) is 10.0 Å². The fourth-order valence-corrected chi connectivity index (χ4v) is 4.67. The number of hydrogen-bond acceptors (Lipinski definition) is 5. The summed E-state index contributed by atoms with van der Waals surface area (Å²) in [5.41, 5.74) is 1.02. The highest BCUT2D eigenvalue weighted by atomic mass is 127. The maximum absolute atomic E-state index is 11.8. The van der Waals surface area contributed by atoms with E-state index < -0.39 is 10.0 Å². The maximum atomic E-state index is 11.8. The van der Waals surface area contributed by atoms with Gasteiger partial charge >= 0.3 is 0 Å². The summed E-state index contributed by atoms with van der Waals surface area (Å²) in [6, 6.07) is -0.0384. The Morgan fingerprint density at radius 3 is 2.84 bits per heavy atom. The number of aliphatic imine (C=N–C) groups is 1. The Hall–Kier alpha value is -0.460. The Kier molecular flexibility index (Phi) is 9.05. The number of nitrogens with zero attached hydrogens (tertiary/aromatic N) is 4. The fraction of sp³-hybridized carbons (Fsp3) is 0.733. The minimum Gasteiger partial charge on any atom is -0.357 e. The van der Waals surface area contributed by atoms with Crippen molar-refractivity contribution in [2.45, 2.75) is 39.3 Å². The quantitative estimate of drug-likeness (QED) is 0.366. The van der Waals surface area contributed by atoms with E-state index in [1.165, 1.54) is 6.26 Å². The molecule has 1 atom stereocenters. The molecule has 1 aliphatic rings. The third kappa shape index (κ3) is 6.65. The van der Waals surface area contributed by atoms with Crippen LogP contribution in [-0.4, -0.2) is 67.5 Å². The number of hydrogen-bond donors (Lipinski definition) is 1. The third-order valence-corrected chi connectivity index (χ3v) is 6.12. The normalized spacial score (nSPS) is 18.9. The number of nitrogens with one attached hydrogen (secondary N) is 1. The molecule has 1 aliphatic heterocycles. The van der Waals surface area contributed by atoms with Crippen molar-refractivity contribution < 1.29 is 8.42 Å². The van der Waals surface area contributed by atoms with Gasteiger partial charge in [-0.05, 0) is 26.7 Å². The van der Waals surface area contributed by atoms with Crippen molar-refractivity contribution in [3.8, 4) is 0 Å². The minimum atomic E-state index is -3.16. The van der Waals surface area contributed by atoms with Gasteiger partial charge in [0.1, 0.15) is 0 Å². The van der Waals surface area contributed by atoms with Crippen molar-refractivity contribution >= 4 is 51.3 Å². The van der Waals surface area contributed by atoms with Crippen LogP contribution in [0.25, 0.3) is 0 Å². The molecule has 0 aromatic carbocycles. The summed E-state index contributed by atoms with van der Waals surface area (Å²) >= 11 is 1.64. The number of aryl methyl sites for hydroxylation is 1. The average Bonchev–Trinajstić information content (AvgIpc) is 3.11. The zero-order valence-electron chi connectivity index (χ0n) is 15.2. The van der Waals surface area contributed by atoms with Crippen molar-refractivity contribution in [2.75, 3.05) is 32.9 Å². The summed E-state index contributed by atoms with van der Waals surface area (Å²) in [6.07, 6.45) is 3.04. The zero-order chi connectivity index (χ0) is 17.7. The maximum Gasteiger partial charge on any atom is 0.211 e. The van der Waals surface area contributed by atoms with Gasteiger partial charge in [-0.15, -0.1) is 35.3 Å². The minimum absolute atomic E-state index is 0. The molecular formula is C15H28IN5O2S2. The first kappa shape index (κ1) is 22.6. The molecule has 2 rings (SSSR count). The predicted octanol–water partition coefficient (Wildman–Crippen LogP) is 1.89. The molecule has 2 heterocycles. The molecule has 1 aromatic heterocycles. The van der Waals surface area contributed by atoms with Crippen molar-refractivity contribution in [1.29, 1.82) is 0 Å². The van der Waals surface area contributed by atoms with Gasteiger partial charge in [0.05, 0.1) is 30.0 Å². The lowest BCUT2D eigenvalue weighted by Gasteiger charge is -2.24. The van der Waals surface area contributed by atoms with Gasteiger partial charge in [0.15, 0.2) is 5.96 Å². The molecule has 0 radical (unpaired) electrons. The number of aromatic nitrogens is 1.